The molecule has 0 aliphatic carbocycles. The molecule has 9 heteroatoms. The van der Waals surface area contributed by atoms with Gasteiger partial charge in [0.05, 0.1) is 5.69 Å². The van der Waals surface area contributed by atoms with E-state index in [1.54, 1.807) is 18.6 Å². The van der Waals surface area contributed by atoms with Crippen LogP contribution in [0.15, 0.2) is 48.2 Å². The largest absolute Gasteiger partial charge is 0.350 e. The Morgan fingerprint density at radius 3 is 2.37 bits per heavy atom. The van der Waals surface area contributed by atoms with E-state index in [1.807, 2.05) is 36.9 Å². The third-order valence-corrected chi connectivity index (χ3v) is 4.96. The van der Waals surface area contributed by atoms with E-state index < -0.39 is 11.6 Å². The number of halogens is 2. The van der Waals surface area contributed by atoms with Gasteiger partial charge in [-0.1, -0.05) is 19.9 Å². The highest BCUT2D eigenvalue weighted by Gasteiger charge is 2.13. The van der Waals surface area contributed by atoms with Crippen molar-refractivity contribution >= 4 is 17.3 Å². The summed E-state index contributed by atoms with van der Waals surface area (Å²) in [7, 11) is 0. The maximum Gasteiger partial charge on any atom is 0.222 e. The lowest BCUT2D eigenvalue weighted by Gasteiger charge is -2.08. The normalized spacial score (nSPS) is 10.4. The van der Waals surface area contributed by atoms with E-state index >= 15 is 0 Å². The van der Waals surface area contributed by atoms with Crippen LogP contribution in [0.25, 0.3) is 22.0 Å². The van der Waals surface area contributed by atoms with Gasteiger partial charge in [-0.2, -0.15) is 5.10 Å². The summed E-state index contributed by atoms with van der Waals surface area (Å²) in [6.45, 7) is 6.65. The summed E-state index contributed by atoms with van der Waals surface area (Å²) in [5.74, 6) is -0.925. The molecule has 156 valence electrons. The Labute approximate surface area is 177 Å². The maximum atomic E-state index is 13.7. The molecule has 0 aliphatic heterocycles. The number of benzene rings is 1. The van der Waals surface area contributed by atoms with Crippen molar-refractivity contribution in [1.29, 1.82) is 0 Å². The first-order valence-corrected chi connectivity index (χ1v) is 10.5. The Balaban J connectivity index is 0.00000124. The first-order valence-electron chi connectivity index (χ1n) is 9.62. The van der Waals surface area contributed by atoms with E-state index in [0.717, 1.165) is 22.0 Å². The van der Waals surface area contributed by atoms with Gasteiger partial charge < -0.3 is 5.32 Å². The SMILES string of the molecule is CC.CCn1nc(-c2nccs2)cc1-c1cnc(NCc2c(F)cccc2F)nc1. The molecule has 30 heavy (non-hydrogen) atoms. The second-order valence-electron chi connectivity index (χ2n) is 5.92. The van der Waals surface area contributed by atoms with E-state index in [9.17, 15) is 8.78 Å². The fourth-order valence-corrected chi connectivity index (χ4v) is 3.36. The Hall–Kier alpha value is -3.20. The Kier molecular flexibility index (Phi) is 7.18. The van der Waals surface area contributed by atoms with Gasteiger partial charge in [-0.15, -0.1) is 11.3 Å². The molecule has 4 aromatic rings. The van der Waals surface area contributed by atoms with Gasteiger partial charge in [0.15, 0.2) is 0 Å². The molecular weight excluding hydrogens is 406 g/mol. The number of nitrogens with zero attached hydrogens (tertiary/aromatic N) is 5. The van der Waals surface area contributed by atoms with Crippen LogP contribution in [0.4, 0.5) is 14.7 Å². The molecule has 4 rings (SSSR count). The van der Waals surface area contributed by atoms with E-state index in [1.165, 1.54) is 29.5 Å². The number of nitrogens with one attached hydrogen (secondary N) is 1. The van der Waals surface area contributed by atoms with Gasteiger partial charge >= 0.3 is 0 Å². The third-order valence-electron chi connectivity index (χ3n) is 4.16. The van der Waals surface area contributed by atoms with Gasteiger partial charge in [0.2, 0.25) is 5.95 Å². The Bertz CT molecular complexity index is 1060. The summed E-state index contributed by atoms with van der Waals surface area (Å²) in [5.41, 5.74) is 2.41. The van der Waals surface area contributed by atoms with Crippen molar-refractivity contribution in [3.63, 3.8) is 0 Å². The molecule has 3 heterocycles. The molecule has 0 aliphatic rings. The zero-order valence-corrected chi connectivity index (χ0v) is 17.7. The molecule has 0 radical (unpaired) electrons. The highest BCUT2D eigenvalue weighted by atomic mass is 32.1. The van der Waals surface area contributed by atoms with Crippen LogP contribution in [-0.2, 0) is 13.1 Å². The average molecular weight is 429 g/mol. The predicted molar refractivity (Wildman–Crippen MR) is 115 cm³/mol. The second kappa shape index (κ2) is 10.0. The highest BCUT2D eigenvalue weighted by Crippen LogP contribution is 2.27. The number of aromatic nitrogens is 5. The van der Waals surface area contributed by atoms with Crippen molar-refractivity contribution in [3.8, 4) is 22.0 Å². The van der Waals surface area contributed by atoms with E-state index in [2.05, 4.69) is 25.4 Å². The molecule has 0 unspecified atom stereocenters. The van der Waals surface area contributed by atoms with Gasteiger partial charge in [-0.05, 0) is 25.1 Å². The summed E-state index contributed by atoms with van der Waals surface area (Å²) >= 11 is 1.52. The number of hydrogen-bond acceptors (Lipinski definition) is 6. The average Bonchev–Trinajstić information content (AvgIpc) is 3.45. The standard InChI is InChI=1S/C19H16F2N6S.C2H6/c1-2-27-17(8-16(26-27)18-22-6-7-28-18)12-9-23-19(24-10-12)25-11-13-14(20)4-3-5-15(13)21;1-2/h3-10H,2,11H2,1H3,(H,23,24,25);1-2H3. The molecule has 0 amide bonds. The van der Waals surface area contributed by atoms with Crippen molar-refractivity contribution in [3.05, 3.63) is 65.4 Å². The predicted octanol–water partition coefficient (Wildman–Crippen LogP) is 5.40. The number of thiazole rings is 1. The van der Waals surface area contributed by atoms with Crippen LogP contribution in [0.1, 0.15) is 26.3 Å². The smallest absolute Gasteiger partial charge is 0.222 e. The van der Waals surface area contributed by atoms with Crippen LogP contribution in [0.5, 0.6) is 0 Å². The summed E-state index contributed by atoms with van der Waals surface area (Å²) < 4.78 is 29.3. The lowest BCUT2D eigenvalue weighted by molar-refractivity contribution is 0.559. The molecule has 0 fully saturated rings. The van der Waals surface area contributed by atoms with Crippen LogP contribution in [0.2, 0.25) is 0 Å². The summed E-state index contributed by atoms with van der Waals surface area (Å²) in [6.07, 6.45) is 5.05. The monoisotopic (exact) mass is 428 g/mol. The van der Waals surface area contributed by atoms with Gasteiger partial charge in [0.25, 0.3) is 0 Å². The van der Waals surface area contributed by atoms with E-state index in [4.69, 9.17) is 0 Å². The van der Waals surface area contributed by atoms with Crippen molar-refractivity contribution in [2.75, 3.05) is 5.32 Å². The molecule has 0 saturated carbocycles. The Morgan fingerprint density at radius 1 is 1.07 bits per heavy atom. The Morgan fingerprint density at radius 2 is 1.77 bits per heavy atom. The lowest BCUT2D eigenvalue weighted by atomic mass is 10.2. The molecule has 0 bridgehead atoms. The van der Waals surface area contributed by atoms with E-state index in [0.29, 0.717) is 6.54 Å². The van der Waals surface area contributed by atoms with E-state index in [-0.39, 0.29) is 18.1 Å². The molecular formula is C21H22F2N6S. The molecule has 0 atom stereocenters. The van der Waals surface area contributed by atoms with Crippen molar-refractivity contribution in [2.45, 2.75) is 33.9 Å². The van der Waals surface area contributed by atoms with Crippen molar-refractivity contribution in [2.24, 2.45) is 0 Å². The molecule has 1 aromatic carbocycles. The summed E-state index contributed by atoms with van der Waals surface area (Å²) in [6, 6.07) is 5.71. The van der Waals surface area contributed by atoms with Crippen LogP contribution in [0, 0.1) is 11.6 Å². The van der Waals surface area contributed by atoms with Crippen LogP contribution < -0.4 is 5.32 Å². The minimum Gasteiger partial charge on any atom is -0.350 e. The van der Waals surface area contributed by atoms with Gasteiger partial charge in [0.1, 0.15) is 22.3 Å². The van der Waals surface area contributed by atoms with Gasteiger partial charge in [-0.3, -0.25) is 4.68 Å². The van der Waals surface area contributed by atoms with Gasteiger partial charge in [0, 0.05) is 48.2 Å². The van der Waals surface area contributed by atoms with Crippen molar-refractivity contribution in [1.82, 2.24) is 24.7 Å². The molecule has 3 aromatic heterocycles. The molecule has 6 nitrogen and oxygen atoms in total. The van der Waals surface area contributed by atoms with Gasteiger partial charge in [-0.25, -0.2) is 23.7 Å². The fraction of sp³-hybridized carbons (Fsp3) is 0.238. The molecule has 1 N–H and O–H groups in total. The van der Waals surface area contributed by atoms with Crippen LogP contribution >= 0.6 is 11.3 Å². The first kappa shape index (κ1) is 21.5. The minimum atomic E-state index is -0.606. The quantitative estimate of drug-likeness (QED) is 0.445. The number of hydrogen-bond donors (Lipinski definition) is 1. The zero-order chi connectivity index (χ0) is 21.5. The summed E-state index contributed by atoms with van der Waals surface area (Å²) in [5, 5.41) is 10.2. The highest BCUT2D eigenvalue weighted by molar-refractivity contribution is 7.13. The zero-order valence-electron chi connectivity index (χ0n) is 16.9. The first-order chi connectivity index (χ1) is 14.7. The molecule has 0 spiro atoms. The number of aryl methyl sites for hydroxylation is 1. The van der Waals surface area contributed by atoms with Crippen LogP contribution in [-0.4, -0.2) is 24.7 Å². The fourth-order valence-electron chi connectivity index (χ4n) is 2.76. The topological polar surface area (TPSA) is 68.5 Å². The maximum absolute atomic E-state index is 13.7. The van der Waals surface area contributed by atoms with Crippen LogP contribution in [0.3, 0.4) is 0 Å². The minimum absolute atomic E-state index is 0.0427. The number of rotatable bonds is 6. The summed E-state index contributed by atoms with van der Waals surface area (Å²) in [4.78, 5) is 12.8. The third kappa shape index (κ3) is 4.68. The van der Waals surface area contributed by atoms with Crippen molar-refractivity contribution < 1.29 is 8.78 Å². The lowest BCUT2D eigenvalue weighted by Crippen LogP contribution is -2.07. The molecule has 0 saturated heterocycles. The second-order valence-corrected chi connectivity index (χ2v) is 6.81. The number of anilines is 1.